The molecule has 1 aliphatic carbocycles. The number of ether oxygens (including phenoxy) is 1. The minimum absolute atomic E-state index is 0.133. The standard InChI is InChI=1S/C16H18ClFO/c17-11-5-6-13-9-10-15(18)16(12-13)19-14-7-3-1-2-4-8-14/h9-10,12,14H,1-4,7-8,11H2. The lowest BCUT2D eigenvalue weighted by atomic mass is 10.1. The van der Waals surface area contributed by atoms with Gasteiger partial charge in [-0.3, -0.25) is 0 Å². The second-order valence-corrected chi connectivity index (χ2v) is 5.08. The maximum atomic E-state index is 13.7. The van der Waals surface area contributed by atoms with E-state index in [4.69, 9.17) is 16.3 Å². The molecule has 0 radical (unpaired) electrons. The molecule has 1 aliphatic rings. The lowest BCUT2D eigenvalue weighted by Gasteiger charge is -2.17. The first-order chi connectivity index (χ1) is 9.29. The van der Waals surface area contributed by atoms with Crippen molar-refractivity contribution in [3.05, 3.63) is 29.6 Å². The van der Waals surface area contributed by atoms with Gasteiger partial charge in [0, 0.05) is 5.56 Å². The summed E-state index contributed by atoms with van der Waals surface area (Å²) in [4.78, 5) is 0. The van der Waals surface area contributed by atoms with Crippen LogP contribution in [-0.2, 0) is 0 Å². The molecule has 102 valence electrons. The predicted molar refractivity (Wildman–Crippen MR) is 76.1 cm³/mol. The third-order valence-electron chi connectivity index (χ3n) is 3.33. The summed E-state index contributed by atoms with van der Waals surface area (Å²) in [6.07, 6.45) is 6.99. The van der Waals surface area contributed by atoms with Crippen LogP contribution in [0, 0.1) is 17.7 Å². The van der Waals surface area contributed by atoms with Crippen LogP contribution in [0.5, 0.6) is 5.75 Å². The molecule has 3 heteroatoms. The van der Waals surface area contributed by atoms with Crippen molar-refractivity contribution in [1.29, 1.82) is 0 Å². The SMILES string of the molecule is Fc1ccc(C#CCCl)cc1OC1CCCCCC1. The molecule has 1 nitrogen and oxygen atoms in total. The number of hydrogen-bond donors (Lipinski definition) is 0. The van der Waals surface area contributed by atoms with Crippen molar-refractivity contribution in [2.75, 3.05) is 5.88 Å². The van der Waals surface area contributed by atoms with Gasteiger partial charge in [0.05, 0.1) is 12.0 Å². The molecule has 0 saturated heterocycles. The van der Waals surface area contributed by atoms with Crippen LogP contribution in [0.4, 0.5) is 4.39 Å². The molecule has 1 fully saturated rings. The maximum Gasteiger partial charge on any atom is 0.165 e. The first-order valence-electron chi connectivity index (χ1n) is 6.80. The quantitative estimate of drug-likeness (QED) is 0.440. The fourth-order valence-electron chi connectivity index (χ4n) is 2.35. The summed E-state index contributed by atoms with van der Waals surface area (Å²) in [5.74, 6) is 5.91. The third kappa shape index (κ3) is 4.44. The Morgan fingerprint density at radius 3 is 2.63 bits per heavy atom. The smallest absolute Gasteiger partial charge is 0.165 e. The number of rotatable bonds is 2. The fourth-order valence-corrected chi connectivity index (χ4v) is 2.41. The molecule has 0 spiro atoms. The largest absolute Gasteiger partial charge is 0.487 e. The van der Waals surface area contributed by atoms with E-state index in [9.17, 15) is 4.39 Å². The number of halogens is 2. The highest BCUT2D eigenvalue weighted by Crippen LogP contribution is 2.25. The molecule has 0 amide bonds. The highest BCUT2D eigenvalue weighted by atomic mass is 35.5. The molecule has 1 saturated carbocycles. The first-order valence-corrected chi connectivity index (χ1v) is 7.34. The Hall–Kier alpha value is -1.20. The van der Waals surface area contributed by atoms with Crippen molar-refractivity contribution in [3.63, 3.8) is 0 Å². The van der Waals surface area contributed by atoms with E-state index in [2.05, 4.69) is 11.8 Å². The van der Waals surface area contributed by atoms with E-state index in [0.717, 1.165) is 31.2 Å². The Kier molecular flexibility index (Phi) is 5.54. The van der Waals surface area contributed by atoms with Gasteiger partial charge in [-0.05, 0) is 43.9 Å². The number of hydrogen-bond acceptors (Lipinski definition) is 1. The maximum absolute atomic E-state index is 13.7. The van der Waals surface area contributed by atoms with Crippen LogP contribution in [0.3, 0.4) is 0 Å². The highest BCUT2D eigenvalue weighted by Gasteiger charge is 2.15. The van der Waals surface area contributed by atoms with Gasteiger partial charge in [0.15, 0.2) is 11.6 Å². The summed E-state index contributed by atoms with van der Waals surface area (Å²) in [6.45, 7) is 0. The van der Waals surface area contributed by atoms with Crippen molar-refractivity contribution >= 4 is 11.6 Å². The van der Waals surface area contributed by atoms with Gasteiger partial charge in [-0.2, -0.15) is 0 Å². The number of alkyl halides is 1. The van der Waals surface area contributed by atoms with Gasteiger partial charge >= 0.3 is 0 Å². The van der Waals surface area contributed by atoms with Crippen LogP contribution in [0.15, 0.2) is 18.2 Å². The van der Waals surface area contributed by atoms with Crippen LogP contribution >= 0.6 is 11.6 Å². The van der Waals surface area contributed by atoms with Gasteiger partial charge in [0.2, 0.25) is 0 Å². The molecule has 0 unspecified atom stereocenters. The van der Waals surface area contributed by atoms with Crippen molar-refractivity contribution in [3.8, 4) is 17.6 Å². The molecular formula is C16H18ClFO. The zero-order valence-corrected chi connectivity index (χ0v) is 11.7. The van der Waals surface area contributed by atoms with E-state index >= 15 is 0 Å². The van der Waals surface area contributed by atoms with Crippen molar-refractivity contribution in [2.24, 2.45) is 0 Å². The Morgan fingerprint density at radius 2 is 1.95 bits per heavy atom. The van der Waals surface area contributed by atoms with E-state index in [1.165, 1.54) is 18.9 Å². The molecule has 19 heavy (non-hydrogen) atoms. The first kappa shape index (κ1) is 14.2. The van der Waals surface area contributed by atoms with E-state index in [-0.39, 0.29) is 17.8 Å². The van der Waals surface area contributed by atoms with Gasteiger partial charge in [0.1, 0.15) is 0 Å². The van der Waals surface area contributed by atoms with Crippen molar-refractivity contribution < 1.29 is 9.13 Å². The predicted octanol–water partition coefficient (Wildman–Crippen LogP) is 4.52. The Morgan fingerprint density at radius 1 is 1.21 bits per heavy atom. The molecular weight excluding hydrogens is 263 g/mol. The van der Waals surface area contributed by atoms with Crippen molar-refractivity contribution in [1.82, 2.24) is 0 Å². The van der Waals surface area contributed by atoms with Gasteiger partial charge < -0.3 is 4.74 Å². The Balaban J connectivity index is 2.09. The zero-order chi connectivity index (χ0) is 13.5. The van der Waals surface area contributed by atoms with E-state index in [0.29, 0.717) is 5.75 Å². The topological polar surface area (TPSA) is 9.23 Å². The van der Waals surface area contributed by atoms with E-state index < -0.39 is 0 Å². The minimum atomic E-state index is -0.319. The lowest BCUT2D eigenvalue weighted by Crippen LogP contribution is -2.15. The second kappa shape index (κ2) is 7.40. The molecule has 0 heterocycles. The monoisotopic (exact) mass is 280 g/mol. The van der Waals surface area contributed by atoms with Crippen LogP contribution < -0.4 is 4.74 Å². The Bertz CT molecular complexity index is 467. The lowest BCUT2D eigenvalue weighted by molar-refractivity contribution is 0.176. The molecule has 1 aromatic carbocycles. The number of benzene rings is 1. The van der Waals surface area contributed by atoms with Gasteiger partial charge in [-0.25, -0.2) is 4.39 Å². The van der Waals surface area contributed by atoms with Gasteiger partial charge in [-0.1, -0.05) is 24.7 Å². The van der Waals surface area contributed by atoms with E-state index in [1.54, 1.807) is 12.1 Å². The summed E-state index contributed by atoms with van der Waals surface area (Å²) >= 11 is 5.52. The Labute approximate surface area is 119 Å². The van der Waals surface area contributed by atoms with Gasteiger partial charge in [-0.15, -0.1) is 11.6 Å². The fraction of sp³-hybridized carbons (Fsp3) is 0.500. The van der Waals surface area contributed by atoms with Crippen LogP contribution in [0.25, 0.3) is 0 Å². The molecule has 0 aliphatic heterocycles. The molecule has 1 aromatic rings. The average Bonchev–Trinajstić information content (AvgIpc) is 2.68. The average molecular weight is 281 g/mol. The van der Waals surface area contributed by atoms with Gasteiger partial charge in [0.25, 0.3) is 0 Å². The molecule has 0 atom stereocenters. The van der Waals surface area contributed by atoms with Crippen LogP contribution in [-0.4, -0.2) is 12.0 Å². The summed E-state index contributed by atoms with van der Waals surface area (Å²) in [5, 5.41) is 0. The molecule has 0 N–H and O–H groups in total. The summed E-state index contributed by atoms with van der Waals surface area (Å²) in [6, 6.07) is 4.72. The summed E-state index contributed by atoms with van der Waals surface area (Å²) in [5.41, 5.74) is 0.741. The normalized spacial score (nSPS) is 16.3. The molecule has 0 bridgehead atoms. The van der Waals surface area contributed by atoms with Crippen molar-refractivity contribution in [2.45, 2.75) is 44.6 Å². The van der Waals surface area contributed by atoms with E-state index in [1.807, 2.05) is 0 Å². The minimum Gasteiger partial charge on any atom is -0.487 e. The summed E-state index contributed by atoms with van der Waals surface area (Å²) in [7, 11) is 0. The zero-order valence-electron chi connectivity index (χ0n) is 10.9. The molecule has 2 rings (SSSR count). The second-order valence-electron chi connectivity index (χ2n) is 4.81. The van der Waals surface area contributed by atoms with Crippen LogP contribution in [0.2, 0.25) is 0 Å². The summed E-state index contributed by atoms with van der Waals surface area (Å²) < 4.78 is 19.6. The molecule has 0 aromatic heterocycles. The highest BCUT2D eigenvalue weighted by molar-refractivity contribution is 6.19. The third-order valence-corrected chi connectivity index (χ3v) is 3.46. The van der Waals surface area contributed by atoms with Crippen LogP contribution in [0.1, 0.15) is 44.1 Å².